The first-order chi connectivity index (χ1) is 15.9. The van der Waals surface area contributed by atoms with Gasteiger partial charge in [0, 0.05) is 38.8 Å². The van der Waals surface area contributed by atoms with Crippen LogP contribution in [-0.2, 0) is 6.37 Å². The van der Waals surface area contributed by atoms with Crippen LogP contribution in [0.2, 0.25) is 0 Å². The van der Waals surface area contributed by atoms with Crippen LogP contribution in [0.5, 0.6) is 0 Å². The highest BCUT2D eigenvalue weighted by Gasteiger charge is 2.16. The number of thiophene rings is 1. The predicted octanol–water partition coefficient (Wildman–Crippen LogP) is 8.17. The lowest BCUT2D eigenvalue weighted by Crippen LogP contribution is -2.10. The molecule has 2 heterocycles. The van der Waals surface area contributed by atoms with Crippen LogP contribution in [-0.4, -0.2) is 4.98 Å². The van der Waals surface area contributed by atoms with Crippen molar-refractivity contribution in [2.45, 2.75) is 34.0 Å². The van der Waals surface area contributed by atoms with E-state index in [0.29, 0.717) is 5.69 Å². The zero-order valence-electron chi connectivity index (χ0n) is 21.7. The molecule has 0 aliphatic rings. The molecule has 3 aromatic carbocycles. The number of aryl methyl sites for hydroxylation is 1. The molecule has 0 atom stereocenters. The zero-order chi connectivity index (χ0) is 24.5. The maximum Gasteiger partial charge on any atom is 0.0719 e. The van der Waals surface area contributed by atoms with Crippen molar-refractivity contribution in [2.24, 2.45) is 5.41 Å². The van der Waals surface area contributed by atoms with E-state index < -0.39 is 18.6 Å². The Morgan fingerprint density at radius 1 is 0.966 bits per heavy atom. The van der Waals surface area contributed by atoms with Gasteiger partial charge in [-0.3, -0.25) is 4.98 Å². The molecule has 5 rings (SSSR count). The molecule has 144 valence electrons. The third-order valence-corrected chi connectivity index (χ3v) is 6.26. The average molecular weight is 401 g/mol. The summed E-state index contributed by atoms with van der Waals surface area (Å²) in [5.74, 6) is 0. The smallest absolute Gasteiger partial charge is 0.0719 e. The van der Waals surface area contributed by atoms with Gasteiger partial charge in [0.25, 0.3) is 0 Å². The van der Waals surface area contributed by atoms with E-state index in [0.717, 1.165) is 15.6 Å². The van der Waals surface area contributed by atoms with Crippen LogP contribution < -0.4 is 0 Å². The minimum Gasteiger partial charge on any atom is -0.256 e. The Labute approximate surface area is 183 Å². The largest absolute Gasteiger partial charge is 0.256 e. The molecule has 0 saturated carbocycles. The SMILES string of the molecule is [2H]C([2H])([2H])c1cnc(-c2cccc3c2sc2cc4ccccc4cc23)cc1C([2H])([2H])C(C)(C)C. The molecule has 29 heavy (non-hydrogen) atoms. The minimum atomic E-state index is -2.46. The number of fused-ring (bicyclic) bond motifs is 4. The number of benzene rings is 3. The molecule has 5 aromatic rings. The number of aromatic nitrogens is 1. The van der Waals surface area contributed by atoms with Gasteiger partial charge in [0.05, 0.1) is 5.69 Å². The monoisotopic (exact) mass is 400 g/mol. The average Bonchev–Trinajstić information content (AvgIpc) is 3.13. The van der Waals surface area contributed by atoms with Crippen molar-refractivity contribution in [3.63, 3.8) is 0 Å². The maximum absolute atomic E-state index is 8.82. The van der Waals surface area contributed by atoms with Crippen molar-refractivity contribution in [1.29, 1.82) is 0 Å². The lowest BCUT2D eigenvalue weighted by molar-refractivity contribution is 0.410. The summed E-state index contributed by atoms with van der Waals surface area (Å²) >= 11 is 1.68. The second-order valence-corrected chi connectivity index (χ2v) is 9.52. The highest BCUT2D eigenvalue weighted by Crippen LogP contribution is 2.41. The summed E-state index contributed by atoms with van der Waals surface area (Å²) in [5.41, 5.74) is 0.804. The van der Waals surface area contributed by atoms with E-state index >= 15 is 0 Å². The van der Waals surface area contributed by atoms with E-state index in [1.54, 1.807) is 38.2 Å². The summed E-state index contributed by atoms with van der Waals surface area (Å²) < 4.78 is 43.8. The van der Waals surface area contributed by atoms with E-state index in [2.05, 4.69) is 35.3 Å². The Balaban J connectivity index is 1.78. The Kier molecular flexibility index (Phi) is 3.11. The molecule has 2 aromatic heterocycles. The van der Waals surface area contributed by atoms with Crippen LogP contribution in [0.4, 0.5) is 0 Å². The zero-order valence-corrected chi connectivity index (χ0v) is 17.5. The summed E-state index contributed by atoms with van der Waals surface area (Å²) in [6.45, 7) is 2.90. The van der Waals surface area contributed by atoms with Crippen LogP contribution in [0, 0.1) is 12.3 Å². The second kappa shape index (κ2) is 6.67. The van der Waals surface area contributed by atoms with Gasteiger partial charge >= 0.3 is 0 Å². The normalized spacial score (nSPS) is 15.8. The van der Waals surface area contributed by atoms with Crippen molar-refractivity contribution in [2.75, 3.05) is 0 Å². The highest BCUT2D eigenvalue weighted by atomic mass is 32.1. The van der Waals surface area contributed by atoms with Crippen molar-refractivity contribution in [3.05, 3.63) is 78.0 Å². The first-order valence-electron chi connectivity index (χ1n) is 12.2. The van der Waals surface area contributed by atoms with Crippen LogP contribution in [0.3, 0.4) is 0 Å². The van der Waals surface area contributed by atoms with Gasteiger partial charge in [0.15, 0.2) is 0 Å². The lowest BCUT2D eigenvalue weighted by atomic mass is 9.86. The molecule has 0 saturated heterocycles. The molecule has 1 nitrogen and oxygen atoms in total. The van der Waals surface area contributed by atoms with Gasteiger partial charge < -0.3 is 0 Å². The summed E-state index contributed by atoms with van der Waals surface area (Å²) in [4.78, 5) is 4.53. The fourth-order valence-corrected chi connectivity index (χ4v) is 5.05. The van der Waals surface area contributed by atoms with Crippen molar-refractivity contribution in [3.8, 4) is 11.3 Å². The Hall–Kier alpha value is -2.71. The lowest BCUT2D eigenvalue weighted by Gasteiger charge is -2.20. The second-order valence-electron chi connectivity index (χ2n) is 8.47. The summed E-state index contributed by atoms with van der Waals surface area (Å²) in [6, 6.07) is 20.4. The van der Waals surface area contributed by atoms with Gasteiger partial charge in [-0.15, -0.1) is 11.3 Å². The number of rotatable bonds is 2. The fraction of sp³-hybridized carbons (Fsp3) is 0.222. The number of pyridine rings is 1. The van der Waals surface area contributed by atoms with Gasteiger partial charge in [-0.25, -0.2) is 0 Å². The Morgan fingerprint density at radius 3 is 2.52 bits per heavy atom. The number of nitrogens with zero attached hydrogens (tertiary/aromatic N) is 1. The van der Waals surface area contributed by atoms with Crippen LogP contribution in [0.1, 0.15) is 38.8 Å². The molecule has 0 radical (unpaired) electrons. The first kappa shape index (κ1) is 13.5. The van der Waals surface area contributed by atoms with Gasteiger partial charge in [-0.2, -0.15) is 0 Å². The van der Waals surface area contributed by atoms with Gasteiger partial charge in [0.1, 0.15) is 0 Å². The molecular weight excluding hydrogens is 370 g/mol. The van der Waals surface area contributed by atoms with Crippen LogP contribution >= 0.6 is 11.3 Å². The van der Waals surface area contributed by atoms with Crippen LogP contribution in [0.25, 0.3) is 42.2 Å². The summed E-state index contributed by atoms with van der Waals surface area (Å²) in [7, 11) is 0. The number of hydrogen-bond acceptors (Lipinski definition) is 2. The quantitative estimate of drug-likeness (QED) is 0.291. The van der Waals surface area contributed by atoms with Gasteiger partial charge in [0.2, 0.25) is 0 Å². The number of hydrogen-bond donors (Lipinski definition) is 0. The summed E-state index contributed by atoms with van der Waals surface area (Å²) in [5, 5.41) is 4.65. The van der Waals surface area contributed by atoms with Crippen molar-refractivity contribution >= 4 is 42.3 Å². The van der Waals surface area contributed by atoms with E-state index in [1.807, 2.05) is 24.3 Å². The maximum atomic E-state index is 8.82. The molecule has 2 heteroatoms. The molecular formula is C27H25NS. The minimum absolute atomic E-state index is 0.0362. The standard InChI is InChI=1S/C27H25NS/c1-17-16-28-24(13-20(17)15-27(2,3)4)22-11-7-10-21-23-12-18-8-5-6-9-19(18)14-25(23)29-26(21)22/h5-14,16H,15H2,1-4H3/i1D3,15D2. The van der Waals surface area contributed by atoms with E-state index in [-0.39, 0.29) is 11.1 Å². The molecule has 0 aliphatic heterocycles. The van der Waals surface area contributed by atoms with Crippen LogP contribution in [0.15, 0.2) is 66.9 Å². The topological polar surface area (TPSA) is 12.9 Å². The van der Waals surface area contributed by atoms with Crippen molar-refractivity contribution in [1.82, 2.24) is 4.98 Å². The van der Waals surface area contributed by atoms with Crippen molar-refractivity contribution < 1.29 is 6.85 Å². The Bertz CT molecular complexity index is 1560. The molecule has 0 N–H and O–H groups in total. The molecule has 0 bridgehead atoms. The third-order valence-electron chi connectivity index (χ3n) is 5.05. The predicted molar refractivity (Wildman–Crippen MR) is 128 cm³/mol. The van der Waals surface area contributed by atoms with Gasteiger partial charge in [-0.05, 0) is 58.7 Å². The van der Waals surface area contributed by atoms with E-state index in [9.17, 15) is 0 Å². The fourth-order valence-electron chi connectivity index (χ4n) is 3.80. The van der Waals surface area contributed by atoms with E-state index in [4.69, 9.17) is 6.85 Å². The summed E-state index contributed by atoms with van der Waals surface area (Å²) in [6.07, 6.45) is -0.526. The highest BCUT2D eigenvalue weighted by molar-refractivity contribution is 7.26. The first-order valence-corrected chi connectivity index (χ1v) is 10.5. The molecule has 0 spiro atoms. The molecule has 0 aliphatic carbocycles. The third kappa shape index (κ3) is 3.32. The van der Waals surface area contributed by atoms with Gasteiger partial charge in [-0.1, -0.05) is 63.2 Å². The molecule has 0 unspecified atom stereocenters. The molecule has 0 fully saturated rings. The van der Waals surface area contributed by atoms with E-state index in [1.165, 1.54) is 27.1 Å². The Morgan fingerprint density at radius 2 is 1.76 bits per heavy atom. The molecule has 0 amide bonds.